The van der Waals surface area contributed by atoms with E-state index in [1.807, 2.05) is 25.1 Å². The summed E-state index contributed by atoms with van der Waals surface area (Å²) in [6.07, 6.45) is 3.93. The van der Waals surface area contributed by atoms with E-state index in [0.29, 0.717) is 0 Å². The SMILES string of the molecule is CC(CO)c1cc(Br)ccc1OCC1CCC1. The molecule has 2 rings (SSSR count). The van der Waals surface area contributed by atoms with E-state index < -0.39 is 0 Å². The lowest BCUT2D eigenvalue weighted by molar-refractivity contribution is 0.177. The highest BCUT2D eigenvalue weighted by molar-refractivity contribution is 9.10. The second kappa shape index (κ2) is 5.87. The van der Waals surface area contributed by atoms with Crippen LogP contribution in [-0.2, 0) is 0 Å². The van der Waals surface area contributed by atoms with Gasteiger partial charge in [-0.2, -0.15) is 0 Å². The zero-order valence-electron chi connectivity index (χ0n) is 10.2. The molecule has 0 saturated heterocycles. The summed E-state index contributed by atoms with van der Waals surface area (Å²) in [6.45, 7) is 2.97. The minimum Gasteiger partial charge on any atom is -0.493 e. The van der Waals surface area contributed by atoms with Gasteiger partial charge in [0.05, 0.1) is 6.61 Å². The van der Waals surface area contributed by atoms with Crippen molar-refractivity contribution >= 4 is 15.9 Å². The van der Waals surface area contributed by atoms with Gasteiger partial charge in [0.15, 0.2) is 0 Å². The standard InChI is InChI=1S/C14H19BrO2/c1-10(8-16)13-7-12(15)5-6-14(13)17-9-11-3-2-4-11/h5-7,10-11,16H,2-4,8-9H2,1H3. The van der Waals surface area contributed by atoms with Crippen molar-refractivity contribution in [1.82, 2.24) is 0 Å². The summed E-state index contributed by atoms with van der Waals surface area (Å²) < 4.78 is 6.92. The van der Waals surface area contributed by atoms with Crippen LogP contribution in [-0.4, -0.2) is 18.3 Å². The van der Waals surface area contributed by atoms with Crippen LogP contribution in [0.15, 0.2) is 22.7 Å². The number of benzene rings is 1. The third-order valence-electron chi connectivity index (χ3n) is 3.48. The molecule has 1 aliphatic carbocycles. The number of aliphatic hydroxyl groups excluding tert-OH is 1. The molecule has 94 valence electrons. The van der Waals surface area contributed by atoms with E-state index in [0.717, 1.165) is 28.3 Å². The van der Waals surface area contributed by atoms with E-state index >= 15 is 0 Å². The molecular formula is C14H19BrO2. The summed E-state index contributed by atoms with van der Waals surface area (Å²) in [7, 11) is 0. The lowest BCUT2D eigenvalue weighted by Gasteiger charge is -2.26. The molecule has 0 spiro atoms. The van der Waals surface area contributed by atoms with Gasteiger partial charge in [0.2, 0.25) is 0 Å². The van der Waals surface area contributed by atoms with Crippen molar-refractivity contribution in [3.05, 3.63) is 28.2 Å². The second-order valence-corrected chi connectivity index (χ2v) is 5.79. The number of halogens is 1. The van der Waals surface area contributed by atoms with Crippen molar-refractivity contribution in [1.29, 1.82) is 0 Å². The molecule has 0 aromatic heterocycles. The van der Waals surface area contributed by atoms with Crippen molar-refractivity contribution in [3.63, 3.8) is 0 Å². The Morgan fingerprint density at radius 3 is 2.82 bits per heavy atom. The van der Waals surface area contributed by atoms with Gasteiger partial charge in [-0.3, -0.25) is 0 Å². The third kappa shape index (κ3) is 3.23. The van der Waals surface area contributed by atoms with Gasteiger partial charge in [-0.25, -0.2) is 0 Å². The van der Waals surface area contributed by atoms with E-state index in [-0.39, 0.29) is 12.5 Å². The first-order valence-corrected chi connectivity index (χ1v) is 7.03. The molecule has 1 saturated carbocycles. The van der Waals surface area contributed by atoms with Gasteiger partial charge in [-0.05, 0) is 37.0 Å². The predicted octanol–water partition coefficient (Wildman–Crippen LogP) is 3.72. The van der Waals surface area contributed by atoms with Gasteiger partial charge < -0.3 is 9.84 Å². The highest BCUT2D eigenvalue weighted by Crippen LogP contribution is 2.32. The Labute approximate surface area is 111 Å². The second-order valence-electron chi connectivity index (χ2n) is 4.87. The molecule has 0 aliphatic heterocycles. The van der Waals surface area contributed by atoms with Crippen LogP contribution < -0.4 is 4.74 Å². The fraction of sp³-hybridized carbons (Fsp3) is 0.571. The van der Waals surface area contributed by atoms with Gasteiger partial charge in [0.1, 0.15) is 5.75 Å². The van der Waals surface area contributed by atoms with Crippen LogP contribution in [0.5, 0.6) is 5.75 Å². The Kier molecular flexibility index (Phi) is 4.46. The molecule has 1 aromatic rings. The fourth-order valence-electron chi connectivity index (χ4n) is 2.00. The topological polar surface area (TPSA) is 29.5 Å². The average molecular weight is 299 g/mol. The van der Waals surface area contributed by atoms with Crippen LogP contribution in [0.3, 0.4) is 0 Å². The lowest BCUT2D eigenvalue weighted by atomic mass is 9.86. The smallest absolute Gasteiger partial charge is 0.122 e. The van der Waals surface area contributed by atoms with Crippen LogP contribution in [0, 0.1) is 5.92 Å². The molecule has 2 nitrogen and oxygen atoms in total. The monoisotopic (exact) mass is 298 g/mol. The Morgan fingerprint density at radius 2 is 2.24 bits per heavy atom. The normalized spacial score (nSPS) is 17.6. The van der Waals surface area contributed by atoms with Crippen molar-refractivity contribution < 1.29 is 9.84 Å². The van der Waals surface area contributed by atoms with Crippen LogP contribution in [0.1, 0.15) is 37.7 Å². The molecular weight excluding hydrogens is 280 g/mol. The largest absolute Gasteiger partial charge is 0.493 e. The Bertz CT molecular complexity index is 374. The highest BCUT2D eigenvalue weighted by Gasteiger charge is 2.19. The number of rotatable bonds is 5. The summed E-state index contributed by atoms with van der Waals surface area (Å²) in [6, 6.07) is 6.02. The van der Waals surface area contributed by atoms with Gasteiger partial charge in [-0.15, -0.1) is 0 Å². The Hall–Kier alpha value is -0.540. The van der Waals surface area contributed by atoms with Crippen LogP contribution in [0.4, 0.5) is 0 Å². The van der Waals surface area contributed by atoms with Crippen LogP contribution in [0.2, 0.25) is 0 Å². The number of hydrogen-bond acceptors (Lipinski definition) is 2. The molecule has 1 N–H and O–H groups in total. The first kappa shape index (κ1) is 12.9. The summed E-state index contributed by atoms with van der Waals surface area (Å²) in [5.74, 6) is 1.77. The Balaban J connectivity index is 2.07. The lowest BCUT2D eigenvalue weighted by Crippen LogP contribution is -2.20. The summed E-state index contributed by atoms with van der Waals surface area (Å²) in [4.78, 5) is 0. The molecule has 1 aliphatic rings. The van der Waals surface area contributed by atoms with E-state index in [9.17, 15) is 5.11 Å². The molecule has 3 heteroatoms. The zero-order chi connectivity index (χ0) is 12.3. The third-order valence-corrected chi connectivity index (χ3v) is 3.97. The molecule has 0 amide bonds. The summed E-state index contributed by atoms with van der Waals surface area (Å²) in [5, 5.41) is 9.27. The average Bonchev–Trinajstić information content (AvgIpc) is 2.27. The maximum Gasteiger partial charge on any atom is 0.122 e. The molecule has 0 bridgehead atoms. The molecule has 0 radical (unpaired) electrons. The molecule has 1 aromatic carbocycles. The van der Waals surface area contributed by atoms with Gasteiger partial charge >= 0.3 is 0 Å². The minimum absolute atomic E-state index is 0.115. The van der Waals surface area contributed by atoms with Crippen molar-refractivity contribution in [2.45, 2.75) is 32.1 Å². The summed E-state index contributed by atoms with van der Waals surface area (Å²) >= 11 is 3.46. The quantitative estimate of drug-likeness (QED) is 0.898. The van der Waals surface area contributed by atoms with Crippen LogP contribution in [0.25, 0.3) is 0 Å². The van der Waals surface area contributed by atoms with Crippen molar-refractivity contribution in [3.8, 4) is 5.75 Å². The molecule has 17 heavy (non-hydrogen) atoms. The first-order chi connectivity index (χ1) is 8.20. The first-order valence-electron chi connectivity index (χ1n) is 6.24. The highest BCUT2D eigenvalue weighted by atomic mass is 79.9. The summed E-state index contributed by atoms with van der Waals surface area (Å²) in [5.41, 5.74) is 1.08. The van der Waals surface area contributed by atoms with E-state index in [1.165, 1.54) is 19.3 Å². The van der Waals surface area contributed by atoms with Gasteiger partial charge in [0.25, 0.3) is 0 Å². The predicted molar refractivity (Wildman–Crippen MR) is 72.5 cm³/mol. The maximum absolute atomic E-state index is 9.27. The van der Waals surface area contributed by atoms with E-state index in [1.54, 1.807) is 0 Å². The maximum atomic E-state index is 9.27. The minimum atomic E-state index is 0.115. The fourth-order valence-corrected chi connectivity index (χ4v) is 2.38. The van der Waals surface area contributed by atoms with E-state index in [4.69, 9.17) is 4.74 Å². The Morgan fingerprint density at radius 1 is 1.47 bits per heavy atom. The van der Waals surface area contributed by atoms with Gasteiger partial charge in [0, 0.05) is 22.6 Å². The number of aliphatic hydroxyl groups is 1. The van der Waals surface area contributed by atoms with Crippen molar-refractivity contribution in [2.75, 3.05) is 13.2 Å². The van der Waals surface area contributed by atoms with Crippen molar-refractivity contribution in [2.24, 2.45) is 5.92 Å². The zero-order valence-corrected chi connectivity index (χ0v) is 11.7. The van der Waals surface area contributed by atoms with Gasteiger partial charge in [-0.1, -0.05) is 29.3 Å². The molecule has 1 fully saturated rings. The molecule has 1 atom stereocenters. The number of ether oxygens (including phenoxy) is 1. The molecule has 1 unspecified atom stereocenters. The van der Waals surface area contributed by atoms with Crippen LogP contribution >= 0.6 is 15.9 Å². The number of hydrogen-bond donors (Lipinski definition) is 1. The molecule has 0 heterocycles. The van der Waals surface area contributed by atoms with E-state index in [2.05, 4.69) is 15.9 Å².